The molecule has 0 radical (unpaired) electrons. The molecule has 0 spiro atoms. The SMILES string of the molecule is CC1(C)CC(=O)C2=C(C1)OC1CC(C)(C)CC(=O)C1C2(C)C(=O)O. The van der Waals surface area contributed by atoms with Gasteiger partial charge in [-0.1, -0.05) is 27.7 Å². The van der Waals surface area contributed by atoms with Crippen LogP contribution in [0.2, 0.25) is 0 Å². The van der Waals surface area contributed by atoms with Gasteiger partial charge in [-0.15, -0.1) is 0 Å². The molecule has 5 heteroatoms. The van der Waals surface area contributed by atoms with E-state index in [1.807, 2.05) is 27.7 Å². The number of allylic oxidation sites excluding steroid dienone is 1. The minimum Gasteiger partial charge on any atom is -0.493 e. The molecule has 0 aromatic carbocycles. The standard InChI is InChI=1S/C19H26O5/c1-17(2)6-10(20)14-12(8-17)24-13-9-18(3,4)7-11(21)15(13)19(14,5)16(22)23/h12,14H,6-9H2,1-5H3,(H,22,23). The third kappa shape index (κ3) is 2.40. The largest absolute Gasteiger partial charge is 0.493 e. The third-order valence-electron chi connectivity index (χ3n) is 5.84. The number of carbonyl (C=O) groups is 3. The van der Waals surface area contributed by atoms with Crippen molar-refractivity contribution in [3.05, 3.63) is 11.3 Å². The van der Waals surface area contributed by atoms with Crippen molar-refractivity contribution < 1.29 is 24.2 Å². The maximum atomic E-state index is 12.8. The van der Waals surface area contributed by atoms with E-state index in [2.05, 4.69) is 0 Å². The van der Waals surface area contributed by atoms with Crippen LogP contribution in [0.5, 0.6) is 0 Å². The normalized spacial score (nSPS) is 37.4. The van der Waals surface area contributed by atoms with Gasteiger partial charge in [-0.05, 0) is 24.2 Å². The van der Waals surface area contributed by atoms with E-state index in [0.717, 1.165) is 0 Å². The Morgan fingerprint density at radius 3 is 2.25 bits per heavy atom. The maximum absolute atomic E-state index is 12.8. The van der Waals surface area contributed by atoms with E-state index in [0.29, 0.717) is 25.0 Å². The summed E-state index contributed by atoms with van der Waals surface area (Å²) in [5.74, 6) is -1.69. The number of hydrogen-bond acceptors (Lipinski definition) is 4. The lowest BCUT2D eigenvalue weighted by atomic mass is 9.55. The zero-order valence-electron chi connectivity index (χ0n) is 15.1. The molecule has 5 nitrogen and oxygen atoms in total. The Hall–Kier alpha value is -1.65. The minimum atomic E-state index is -1.49. The Morgan fingerprint density at radius 2 is 1.67 bits per heavy atom. The van der Waals surface area contributed by atoms with Crippen LogP contribution in [-0.2, 0) is 19.1 Å². The molecule has 3 rings (SSSR count). The molecule has 1 fully saturated rings. The fraction of sp³-hybridized carbons (Fsp3) is 0.737. The second-order valence-electron chi connectivity index (χ2n) is 9.39. The Bertz CT molecular complexity index is 669. The average Bonchev–Trinajstić information content (AvgIpc) is 2.32. The number of Topliss-reactive ketones (excluding diaryl/α,β-unsaturated/α-hetero) is 2. The molecule has 3 aliphatic rings. The summed E-state index contributed by atoms with van der Waals surface area (Å²) >= 11 is 0. The number of aliphatic carboxylic acids is 1. The van der Waals surface area contributed by atoms with Gasteiger partial charge in [0.25, 0.3) is 0 Å². The fourth-order valence-electron chi connectivity index (χ4n) is 4.85. The van der Waals surface area contributed by atoms with E-state index in [1.165, 1.54) is 6.92 Å². The molecule has 3 unspecified atom stereocenters. The molecule has 0 bridgehead atoms. The van der Waals surface area contributed by atoms with Crippen molar-refractivity contribution in [2.45, 2.75) is 66.4 Å². The number of fused-ring (bicyclic) bond motifs is 1. The van der Waals surface area contributed by atoms with Gasteiger partial charge in [0.15, 0.2) is 5.78 Å². The summed E-state index contributed by atoms with van der Waals surface area (Å²) in [6.07, 6.45) is 1.30. The lowest BCUT2D eigenvalue weighted by Crippen LogP contribution is -2.58. The second kappa shape index (κ2) is 4.93. The molecule has 1 aliphatic heterocycles. The Morgan fingerprint density at radius 1 is 1.04 bits per heavy atom. The van der Waals surface area contributed by atoms with Gasteiger partial charge in [0.2, 0.25) is 0 Å². The lowest BCUT2D eigenvalue weighted by Gasteiger charge is -2.51. The lowest BCUT2D eigenvalue weighted by molar-refractivity contribution is -0.168. The first-order valence-electron chi connectivity index (χ1n) is 8.57. The third-order valence-corrected chi connectivity index (χ3v) is 5.84. The van der Waals surface area contributed by atoms with Gasteiger partial charge in [0.05, 0.1) is 11.5 Å². The maximum Gasteiger partial charge on any atom is 0.314 e. The Labute approximate surface area is 142 Å². The van der Waals surface area contributed by atoms with E-state index in [4.69, 9.17) is 4.74 Å². The first-order valence-corrected chi connectivity index (χ1v) is 8.57. The molecule has 2 aliphatic carbocycles. The van der Waals surface area contributed by atoms with Crippen molar-refractivity contribution >= 4 is 17.5 Å². The highest BCUT2D eigenvalue weighted by atomic mass is 16.5. The number of carboxylic acid groups (broad SMARTS) is 1. The van der Waals surface area contributed by atoms with Gasteiger partial charge in [0, 0.05) is 19.3 Å². The summed E-state index contributed by atoms with van der Waals surface area (Å²) in [5, 5.41) is 9.98. The zero-order chi connectivity index (χ0) is 18.1. The first-order chi connectivity index (χ1) is 10.9. The predicted molar refractivity (Wildman–Crippen MR) is 87.2 cm³/mol. The number of carboxylic acids is 1. The van der Waals surface area contributed by atoms with Crippen LogP contribution in [0.4, 0.5) is 0 Å². The zero-order valence-corrected chi connectivity index (χ0v) is 15.1. The molecule has 24 heavy (non-hydrogen) atoms. The number of carbonyl (C=O) groups excluding carboxylic acids is 2. The molecule has 1 heterocycles. The summed E-state index contributed by atoms with van der Waals surface area (Å²) in [6.45, 7) is 9.51. The Kier molecular flexibility index (Phi) is 3.53. The molecule has 3 atom stereocenters. The molecule has 0 aromatic heterocycles. The van der Waals surface area contributed by atoms with Crippen molar-refractivity contribution in [2.75, 3.05) is 0 Å². The van der Waals surface area contributed by atoms with E-state index in [9.17, 15) is 19.5 Å². The van der Waals surface area contributed by atoms with Gasteiger partial charge >= 0.3 is 5.97 Å². The molecule has 0 saturated heterocycles. The number of hydrogen-bond donors (Lipinski definition) is 1. The fourth-order valence-corrected chi connectivity index (χ4v) is 4.85. The summed E-state index contributed by atoms with van der Waals surface area (Å²) < 4.78 is 6.13. The van der Waals surface area contributed by atoms with Crippen molar-refractivity contribution in [3.63, 3.8) is 0 Å². The Balaban J connectivity index is 2.17. The molecule has 1 N–H and O–H groups in total. The second-order valence-corrected chi connectivity index (χ2v) is 9.39. The van der Waals surface area contributed by atoms with Crippen LogP contribution in [0.15, 0.2) is 11.3 Å². The van der Waals surface area contributed by atoms with Gasteiger partial charge in [0.1, 0.15) is 23.1 Å². The van der Waals surface area contributed by atoms with Crippen LogP contribution in [0.1, 0.15) is 60.3 Å². The predicted octanol–water partition coefficient (Wildman–Crippen LogP) is 3.12. The van der Waals surface area contributed by atoms with Crippen LogP contribution < -0.4 is 0 Å². The molecule has 132 valence electrons. The van der Waals surface area contributed by atoms with E-state index in [1.54, 1.807) is 0 Å². The highest BCUT2D eigenvalue weighted by molar-refractivity contribution is 6.06. The van der Waals surface area contributed by atoms with E-state index < -0.39 is 23.4 Å². The number of ether oxygens (including phenoxy) is 1. The van der Waals surface area contributed by atoms with Crippen molar-refractivity contribution in [1.29, 1.82) is 0 Å². The monoisotopic (exact) mass is 334 g/mol. The topological polar surface area (TPSA) is 80.7 Å². The van der Waals surface area contributed by atoms with Crippen molar-refractivity contribution in [3.8, 4) is 0 Å². The number of ketones is 2. The van der Waals surface area contributed by atoms with Crippen molar-refractivity contribution in [2.24, 2.45) is 22.2 Å². The van der Waals surface area contributed by atoms with Crippen molar-refractivity contribution in [1.82, 2.24) is 0 Å². The van der Waals surface area contributed by atoms with Crippen LogP contribution in [0, 0.1) is 22.2 Å². The van der Waals surface area contributed by atoms with Crippen LogP contribution in [0.3, 0.4) is 0 Å². The summed E-state index contributed by atoms with van der Waals surface area (Å²) in [6, 6.07) is 0. The molecular weight excluding hydrogens is 308 g/mol. The van der Waals surface area contributed by atoms with Gasteiger partial charge in [-0.25, -0.2) is 0 Å². The van der Waals surface area contributed by atoms with Crippen LogP contribution in [0.25, 0.3) is 0 Å². The summed E-state index contributed by atoms with van der Waals surface area (Å²) in [4.78, 5) is 37.8. The van der Waals surface area contributed by atoms with E-state index in [-0.39, 0.29) is 34.4 Å². The molecule has 0 amide bonds. The number of rotatable bonds is 1. The minimum absolute atomic E-state index is 0.106. The molecule has 0 aromatic rings. The molecule has 1 saturated carbocycles. The smallest absolute Gasteiger partial charge is 0.314 e. The van der Waals surface area contributed by atoms with Gasteiger partial charge < -0.3 is 9.84 Å². The van der Waals surface area contributed by atoms with Gasteiger partial charge in [-0.3, -0.25) is 14.4 Å². The van der Waals surface area contributed by atoms with Gasteiger partial charge in [-0.2, -0.15) is 0 Å². The van der Waals surface area contributed by atoms with E-state index >= 15 is 0 Å². The van der Waals surface area contributed by atoms with Crippen LogP contribution in [-0.4, -0.2) is 28.7 Å². The molecular formula is C19H26O5. The highest BCUT2D eigenvalue weighted by Gasteiger charge is 2.62. The average molecular weight is 334 g/mol. The summed E-state index contributed by atoms with van der Waals surface area (Å²) in [5.41, 5.74) is -1.73. The first kappa shape index (κ1) is 17.2. The quantitative estimate of drug-likeness (QED) is 0.797. The highest BCUT2D eigenvalue weighted by Crippen LogP contribution is 2.56. The van der Waals surface area contributed by atoms with Crippen LogP contribution >= 0.6 is 0 Å². The summed E-state index contributed by atoms with van der Waals surface area (Å²) in [7, 11) is 0.